The Hall–Kier alpha value is 0.00688. The number of rotatable bonds is 7. The number of hydrogen-bond donors (Lipinski definition) is 0. The Balaban J connectivity index is 2.07. The minimum Gasteiger partial charge on any atom is -0.377 e. The Morgan fingerprint density at radius 1 is 1.12 bits per heavy atom. The van der Waals surface area contributed by atoms with E-state index in [1.807, 2.05) is 42.5 Å². The van der Waals surface area contributed by atoms with Gasteiger partial charge in [0.15, 0.2) is 0 Å². The van der Waals surface area contributed by atoms with Crippen LogP contribution in [0.25, 0.3) is 6.08 Å². The normalized spacial score (nSPS) is 12.2. The van der Waals surface area contributed by atoms with Crippen LogP contribution in [0.4, 0.5) is 0 Å². The van der Waals surface area contributed by atoms with Gasteiger partial charge in [0.25, 0.3) is 0 Å². The van der Waals surface area contributed by atoms with Crippen LogP contribution in [0.1, 0.15) is 12.0 Å². The molecule has 0 radical (unpaired) electrons. The predicted octanol–water partition coefficient (Wildman–Crippen LogP) is 4.76. The fourth-order valence-corrected chi connectivity index (χ4v) is 3.02. The van der Waals surface area contributed by atoms with Crippen molar-refractivity contribution in [3.05, 3.63) is 42.0 Å². The van der Waals surface area contributed by atoms with Crippen molar-refractivity contribution in [2.24, 2.45) is 0 Å². The summed E-state index contributed by atoms with van der Waals surface area (Å²) in [4.78, 5) is 0. The minimum absolute atomic E-state index is 0.594. The van der Waals surface area contributed by atoms with Gasteiger partial charge in [-0.3, -0.25) is 0 Å². The molecule has 5 heteroatoms. The van der Waals surface area contributed by atoms with E-state index >= 15 is 0 Å². The first-order chi connectivity index (χ1) is 8.08. The quantitative estimate of drug-likeness (QED) is 0.401. The minimum atomic E-state index is -2.46. The second-order valence-corrected chi connectivity index (χ2v) is 12.9. The number of hydrogen-bond acceptors (Lipinski definition) is 1. The molecule has 17 heavy (non-hydrogen) atoms. The van der Waals surface area contributed by atoms with Crippen LogP contribution in [0.5, 0.6) is 0 Å². The smallest absolute Gasteiger partial charge is 0.341 e. The van der Waals surface area contributed by atoms with Gasteiger partial charge in [-0.1, -0.05) is 42.5 Å². The third-order valence-corrected chi connectivity index (χ3v) is 4.69. The lowest BCUT2D eigenvalue weighted by molar-refractivity contribution is 0.163. The van der Waals surface area contributed by atoms with Crippen LogP contribution in [-0.2, 0) is 4.74 Å². The molecule has 0 aliphatic carbocycles. The zero-order valence-corrected chi connectivity index (χ0v) is 12.7. The van der Waals surface area contributed by atoms with E-state index in [9.17, 15) is 0 Å². The Labute approximate surface area is 117 Å². The summed E-state index contributed by atoms with van der Waals surface area (Å²) in [5, 5.41) is 0. The molecule has 0 bridgehead atoms. The molecule has 0 saturated carbocycles. The zero-order valence-electron chi connectivity index (χ0n) is 9.41. The van der Waals surface area contributed by atoms with Gasteiger partial charge in [-0.05, 0) is 18.0 Å². The van der Waals surface area contributed by atoms with Gasteiger partial charge in [-0.2, -0.15) is 0 Å². The summed E-state index contributed by atoms with van der Waals surface area (Å²) in [5.41, 5.74) is 1.17. The predicted molar refractivity (Wildman–Crippen MR) is 79.0 cm³/mol. The molecule has 1 nitrogen and oxygen atoms in total. The lowest BCUT2D eigenvalue weighted by Gasteiger charge is -2.06. The molecule has 0 amide bonds. The van der Waals surface area contributed by atoms with Gasteiger partial charge in [0.2, 0.25) is 0 Å². The van der Waals surface area contributed by atoms with Crippen LogP contribution < -0.4 is 0 Å². The van der Waals surface area contributed by atoms with E-state index in [2.05, 4.69) is 0 Å². The molecule has 0 saturated heterocycles. The Morgan fingerprint density at radius 3 is 2.47 bits per heavy atom. The molecule has 1 aromatic carbocycles. The summed E-state index contributed by atoms with van der Waals surface area (Å²) < 4.78 is 5.41. The SMILES string of the molecule is Cl[Si](Cl)(Cl)CCCOCC=Cc1ccccc1. The maximum Gasteiger partial charge on any atom is 0.341 e. The highest BCUT2D eigenvalue weighted by Crippen LogP contribution is 2.26. The average Bonchev–Trinajstić information content (AvgIpc) is 2.28. The van der Waals surface area contributed by atoms with Gasteiger partial charge in [-0.25, -0.2) is 0 Å². The highest BCUT2D eigenvalue weighted by Gasteiger charge is 2.23. The summed E-state index contributed by atoms with van der Waals surface area (Å²) >= 11 is 17.3. The Morgan fingerprint density at radius 2 is 1.82 bits per heavy atom. The summed E-state index contributed by atoms with van der Waals surface area (Å²) in [6.07, 6.45) is 4.83. The topological polar surface area (TPSA) is 9.23 Å². The van der Waals surface area contributed by atoms with Gasteiger partial charge < -0.3 is 4.74 Å². The maximum absolute atomic E-state index is 5.75. The Bertz CT molecular complexity index is 335. The van der Waals surface area contributed by atoms with E-state index in [4.69, 9.17) is 38.0 Å². The fraction of sp³-hybridized carbons (Fsp3) is 0.333. The standard InChI is InChI=1S/C12H15Cl3OSi/c13-17(14,15)11-5-10-16-9-4-8-12-6-2-1-3-7-12/h1-4,6-8H,5,9-11H2. The molecular weight excluding hydrogens is 295 g/mol. The van der Waals surface area contributed by atoms with Gasteiger partial charge in [0.05, 0.1) is 6.61 Å². The second-order valence-electron chi connectivity index (χ2n) is 3.61. The van der Waals surface area contributed by atoms with E-state index in [1.54, 1.807) is 0 Å². The molecular formula is C12H15Cl3OSi. The first-order valence-corrected chi connectivity index (χ1v) is 10.7. The van der Waals surface area contributed by atoms with Crippen LogP contribution in [0.2, 0.25) is 6.04 Å². The van der Waals surface area contributed by atoms with E-state index in [-0.39, 0.29) is 0 Å². The third kappa shape index (κ3) is 8.69. The van der Waals surface area contributed by atoms with Crippen molar-refractivity contribution in [1.29, 1.82) is 0 Å². The molecule has 0 unspecified atom stereocenters. The molecule has 0 heterocycles. The van der Waals surface area contributed by atoms with Crippen molar-refractivity contribution < 1.29 is 4.74 Å². The van der Waals surface area contributed by atoms with Crippen molar-refractivity contribution in [1.82, 2.24) is 0 Å². The largest absolute Gasteiger partial charge is 0.377 e. The number of benzene rings is 1. The highest BCUT2D eigenvalue weighted by molar-refractivity contribution is 7.64. The van der Waals surface area contributed by atoms with Gasteiger partial charge in [0.1, 0.15) is 0 Å². The van der Waals surface area contributed by atoms with Crippen molar-refractivity contribution in [3.8, 4) is 0 Å². The van der Waals surface area contributed by atoms with Crippen molar-refractivity contribution in [2.75, 3.05) is 13.2 Å². The summed E-state index contributed by atoms with van der Waals surface area (Å²) in [5.74, 6) is 0. The van der Waals surface area contributed by atoms with E-state index in [0.717, 1.165) is 6.42 Å². The maximum atomic E-state index is 5.75. The molecule has 0 atom stereocenters. The second kappa shape index (κ2) is 8.17. The molecule has 0 aliphatic rings. The van der Waals surface area contributed by atoms with Gasteiger partial charge in [0, 0.05) is 6.61 Å². The monoisotopic (exact) mass is 308 g/mol. The highest BCUT2D eigenvalue weighted by atomic mass is 35.8. The van der Waals surface area contributed by atoms with E-state index < -0.39 is 6.00 Å². The summed E-state index contributed by atoms with van der Waals surface area (Å²) in [7, 11) is 0. The third-order valence-electron chi connectivity index (χ3n) is 2.07. The van der Waals surface area contributed by atoms with Crippen LogP contribution in [0.3, 0.4) is 0 Å². The molecule has 1 rings (SSSR count). The van der Waals surface area contributed by atoms with Crippen molar-refractivity contribution in [3.63, 3.8) is 0 Å². The number of ether oxygens (including phenoxy) is 1. The average molecular weight is 310 g/mol. The molecule has 0 N–H and O–H groups in total. The molecule has 1 aromatic rings. The van der Waals surface area contributed by atoms with Crippen molar-refractivity contribution >= 4 is 45.3 Å². The van der Waals surface area contributed by atoms with E-state index in [1.165, 1.54) is 5.56 Å². The molecule has 94 valence electrons. The first-order valence-electron chi connectivity index (χ1n) is 5.44. The summed E-state index contributed by atoms with van der Waals surface area (Å²) in [6, 6.07) is 8.29. The van der Waals surface area contributed by atoms with Crippen LogP contribution in [-0.4, -0.2) is 19.2 Å². The van der Waals surface area contributed by atoms with Crippen LogP contribution in [0, 0.1) is 0 Å². The van der Waals surface area contributed by atoms with Crippen molar-refractivity contribution in [2.45, 2.75) is 12.5 Å². The van der Waals surface area contributed by atoms with Gasteiger partial charge >= 0.3 is 6.00 Å². The van der Waals surface area contributed by atoms with Crippen LogP contribution >= 0.6 is 33.2 Å². The molecule has 0 aliphatic heterocycles. The number of halogens is 3. The first kappa shape index (κ1) is 15.1. The molecule has 0 fully saturated rings. The zero-order chi connectivity index (χ0) is 12.6. The van der Waals surface area contributed by atoms with Gasteiger partial charge in [-0.15, -0.1) is 33.2 Å². The van der Waals surface area contributed by atoms with E-state index in [0.29, 0.717) is 19.3 Å². The Kier molecular flexibility index (Phi) is 7.24. The molecule has 0 spiro atoms. The lowest BCUT2D eigenvalue weighted by Crippen LogP contribution is -2.09. The lowest BCUT2D eigenvalue weighted by atomic mass is 10.2. The molecule has 0 aromatic heterocycles. The fourth-order valence-electron chi connectivity index (χ4n) is 1.27. The summed E-state index contributed by atoms with van der Waals surface area (Å²) in [6.45, 7) is 1.23. The van der Waals surface area contributed by atoms with Crippen LogP contribution in [0.15, 0.2) is 36.4 Å².